The van der Waals surface area contributed by atoms with E-state index in [-0.39, 0.29) is 0 Å². The van der Waals surface area contributed by atoms with E-state index in [1.165, 1.54) is 0 Å². The van der Waals surface area contributed by atoms with Gasteiger partial charge in [-0.05, 0) is 19.1 Å². The Hall–Kier alpha value is -2.09. The molecule has 1 aromatic rings. The second-order valence-corrected chi connectivity index (χ2v) is 3.85. The topological polar surface area (TPSA) is 15.6 Å². The molecule has 0 aromatic heterocycles. The van der Waals surface area contributed by atoms with Gasteiger partial charge in [0.25, 0.3) is 0 Å². The number of benzene rings is 1. The summed E-state index contributed by atoms with van der Waals surface area (Å²) in [7, 11) is 3.77. The molecule has 1 aromatic carbocycles. The summed E-state index contributed by atoms with van der Waals surface area (Å²) < 4.78 is 0. The lowest BCUT2D eigenvalue weighted by Gasteiger charge is -2.21. The van der Waals surface area contributed by atoms with Crippen LogP contribution in [0.4, 0.5) is 5.69 Å². The summed E-state index contributed by atoms with van der Waals surface area (Å²) in [5, 5.41) is 0. The number of amidine groups is 1. The first-order chi connectivity index (χ1) is 8.70. The summed E-state index contributed by atoms with van der Waals surface area (Å²) in [6, 6.07) is 10.1. The van der Waals surface area contributed by atoms with Crippen LogP contribution in [0.15, 0.2) is 71.8 Å². The van der Waals surface area contributed by atoms with Crippen LogP contribution in [0.5, 0.6) is 0 Å². The second-order valence-electron chi connectivity index (χ2n) is 3.85. The molecular formula is C16H20N2. The Morgan fingerprint density at radius 2 is 1.89 bits per heavy atom. The Morgan fingerprint density at radius 3 is 2.44 bits per heavy atom. The van der Waals surface area contributed by atoms with E-state index in [1.54, 1.807) is 7.05 Å². The number of hydrogen-bond acceptors (Lipinski definition) is 1. The van der Waals surface area contributed by atoms with E-state index in [0.717, 1.165) is 17.1 Å². The van der Waals surface area contributed by atoms with Crippen molar-refractivity contribution in [2.24, 2.45) is 4.99 Å². The van der Waals surface area contributed by atoms with Gasteiger partial charge in [0, 0.05) is 25.4 Å². The minimum atomic E-state index is 0.863. The highest BCUT2D eigenvalue weighted by molar-refractivity contribution is 6.10. The normalized spacial score (nSPS) is 12.3. The molecule has 94 valence electrons. The number of nitrogens with zero attached hydrogens (tertiary/aromatic N) is 2. The first kappa shape index (κ1) is 14.0. The molecule has 0 bridgehead atoms. The first-order valence-electron chi connectivity index (χ1n) is 5.95. The SMILES string of the molecule is C=C(/C=C\C=C/C)/C(=N\C)N(C)c1ccccc1. The molecule has 0 spiro atoms. The fraction of sp³-hybridized carbons (Fsp3) is 0.188. The van der Waals surface area contributed by atoms with Crippen molar-refractivity contribution in [1.29, 1.82) is 0 Å². The van der Waals surface area contributed by atoms with Crippen molar-refractivity contribution in [3.8, 4) is 0 Å². The largest absolute Gasteiger partial charge is 0.329 e. The van der Waals surface area contributed by atoms with Crippen LogP contribution >= 0.6 is 0 Å². The lowest BCUT2D eigenvalue weighted by Crippen LogP contribution is -2.27. The van der Waals surface area contributed by atoms with Gasteiger partial charge in [-0.15, -0.1) is 0 Å². The molecule has 0 N–H and O–H groups in total. The molecule has 0 aliphatic rings. The number of aliphatic imine (C=N–C) groups is 1. The third kappa shape index (κ3) is 3.74. The zero-order chi connectivity index (χ0) is 13.4. The number of para-hydroxylation sites is 1. The van der Waals surface area contributed by atoms with E-state index < -0.39 is 0 Å². The van der Waals surface area contributed by atoms with Crippen molar-refractivity contribution in [1.82, 2.24) is 0 Å². The van der Waals surface area contributed by atoms with Gasteiger partial charge in [0.15, 0.2) is 0 Å². The molecule has 2 nitrogen and oxygen atoms in total. The molecule has 0 amide bonds. The Morgan fingerprint density at radius 1 is 1.22 bits per heavy atom. The maximum absolute atomic E-state index is 4.31. The molecule has 0 unspecified atom stereocenters. The average molecular weight is 240 g/mol. The van der Waals surface area contributed by atoms with Crippen molar-refractivity contribution in [3.63, 3.8) is 0 Å². The van der Waals surface area contributed by atoms with Gasteiger partial charge < -0.3 is 4.90 Å². The quantitative estimate of drug-likeness (QED) is 0.443. The Kier molecular flexibility index (Phi) is 5.65. The van der Waals surface area contributed by atoms with E-state index in [4.69, 9.17) is 0 Å². The molecule has 0 radical (unpaired) electrons. The van der Waals surface area contributed by atoms with Gasteiger partial charge in [0.2, 0.25) is 0 Å². The van der Waals surface area contributed by atoms with Crippen LogP contribution < -0.4 is 4.90 Å². The lowest BCUT2D eigenvalue weighted by molar-refractivity contribution is 1.23. The summed E-state index contributed by atoms with van der Waals surface area (Å²) in [6.07, 6.45) is 7.88. The summed E-state index contributed by atoms with van der Waals surface area (Å²) in [6.45, 7) is 6.04. The van der Waals surface area contributed by atoms with Crippen molar-refractivity contribution >= 4 is 11.5 Å². The lowest BCUT2D eigenvalue weighted by atomic mass is 10.2. The summed E-state index contributed by atoms with van der Waals surface area (Å²) in [5.74, 6) is 0.863. The van der Waals surface area contributed by atoms with Gasteiger partial charge in [-0.25, -0.2) is 0 Å². The van der Waals surface area contributed by atoms with Gasteiger partial charge in [0.1, 0.15) is 5.84 Å². The first-order valence-corrected chi connectivity index (χ1v) is 5.95. The Balaban J connectivity index is 2.88. The van der Waals surface area contributed by atoms with Crippen molar-refractivity contribution in [3.05, 3.63) is 66.8 Å². The van der Waals surface area contributed by atoms with Crippen LogP contribution in [-0.2, 0) is 0 Å². The molecule has 18 heavy (non-hydrogen) atoms. The highest BCUT2D eigenvalue weighted by Gasteiger charge is 2.09. The number of rotatable bonds is 4. The van der Waals surface area contributed by atoms with Crippen LogP contribution in [0.3, 0.4) is 0 Å². The van der Waals surface area contributed by atoms with E-state index in [2.05, 4.69) is 11.6 Å². The zero-order valence-corrected chi connectivity index (χ0v) is 11.3. The summed E-state index contributed by atoms with van der Waals surface area (Å²) in [4.78, 5) is 6.34. The number of likely N-dealkylation sites (N-methyl/N-ethyl adjacent to an activating group) is 1. The van der Waals surface area contributed by atoms with Crippen LogP contribution in [0, 0.1) is 0 Å². The van der Waals surface area contributed by atoms with Gasteiger partial charge in [-0.2, -0.15) is 0 Å². The molecule has 0 heterocycles. The fourth-order valence-electron chi connectivity index (χ4n) is 1.64. The smallest absolute Gasteiger partial charge is 0.134 e. The van der Waals surface area contributed by atoms with Crippen molar-refractivity contribution in [2.45, 2.75) is 6.92 Å². The molecule has 0 saturated carbocycles. The second kappa shape index (κ2) is 7.28. The fourth-order valence-corrected chi connectivity index (χ4v) is 1.64. The standard InChI is InChI=1S/C16H20N2/c1-5-6-8-11-14(2)16(17-3)18(4)15-12-9-7-10-13-15/h5-13H,2H2,1,3-4H3/b6-5-,11-8-,17-16+. The van der Waals surface area contributed by atoms with Crippen LogP contribution in [0.2, 0.25) is 0 Å². The van der Waals surface area contributed by atoms with Gasteiger partial charge >= 0.3 is 0 Å². The molecule has 0 atom stereocenters. The third-order valence-corrected chi connectivity index (χ3v) is 2.56. The van der Waals surface area contributed by atoms with Crippen molar-refractivity contribution < 1.29 is 0 Å². The Labute approximate surface area is 110 Å². The molecular weight excluding hydrogens is 220 g/mol. The number of allylic oxidation sites excluding steroid dienone is 3. The third-order valence-electron chi connectivity index (χ3n) is 2.56. The monoisotopic (exact) mass is 240 g/mol. The van der Waals surface area contributed by atoms with E-state index in [9.17, 15) is 0 Å². The molecule has 0 aliphatic carbocycles. The molecule has 2 heteroatoms. The minimum absolute atomic E-state index is 0.863. The van der Waals surface area contributed by atoms with Gasteiger partial charge in [-0.3, -0.25) is 4.99 Å². The van der Waals surface area contributed by atoms with E-state index in [1.807, 2.05) is 73.5 Å². The summed E-state index contributed by atoms with van der Waals surface area (Å²) in [5.41, 5.74) is 1.99. The number of hydrogen-bond donors (Lipinski definition) is 0. The maximum Gasteiger partial charge on any atom is 0.134 e. The van der Waals surface area contributed by atoms with Gasteiger partial charge in [-0.1, -0.05) is 49.1 Å². The van der Waals surface area contributed by atoms with Crippen LogP contribution in [0.25, 0.3) is 0 Å². The van der Waals surface area contributed by atoms with E-state index in [0.29, 0.717) is 0 Å². The zero-order valence-electron chi connectivity index (χ0n) is 11.3. The highest BCUT2D eigenvalue weighted by atomic mass is 15.2. The minimum Gasteiger partial charge on any atom is -0.329 e. The van der Waals surface area contributed by atoms with Crippen LogP contribution in [-0.4, -0.2) is 19.9 Å². The molecule has 1 rings (SSSR count). The maximum atomic E-state index is 4.31. The summed E-state index contributed by atoms with van der Waals surface area (Å²) >= 11 is 0. The van der Waals surface area contributed by atoms with Crippen LogP contribution in [0.1, 0.15) is 6.92 Å². The molecule has 0 saturated heterocycles. The average Bonchev–Trinajstić information content (AvgIpc) is 2.41. The number of anilines is 1. The predicted octanol–water partition coefficient (Wildman–Crippen LogP) is 3.84. The molecule has 0 aliphatic heterocycles. The van der Waals surface area contributed by atoms with Crippen molar-refractivity contribution in [2.75, 3.05) is 19.0 Å². The van der Waals surface area contributed by atoms with Gasteiger partial charge in [0.05, 0.1) is 0 Å². The Bertz CT molecular complexity index is 467. The van der Waals surface area contributed by atoms with E-state index >= 15 is 0 Å². The molecule has 0 fully saturated rings. The highest BCUT2D eigenvalue weighted by Crippen LogP contribution is 2.14. The predicted molar refractivity (Wildman–Crippen MR) is 81.3 cm³/mol.